The van der Waals surface area contributed by atoms with Crippen LogP contribution in [-0.4, -0.2) is 11.0 Å². The topological polar surface area (TPSA) is 42.1 Å². The van der Waals surface area contributed by atoms with Crippen LogP contribution in [-0.2, 0) is 6.54 Å². The maximum absolute atomic E-state index is 6.05. The Morgan fingerprint density at radius 1 is 1.21 bits per heavy atom. The summed E-state index contributed by atoms with van der Waals surface area (Å²) >= 11 is 3.59. The van der Waals surface area contributed by atoms with Crippen LogP contribution in [0.2, 0.25) is 0 Å². The summed E-state index contributed by atoms with van der Waals surface area (Å²) < 4.78 is 1.04. The summed E-state index contributed by atoms with van der Waals surface area (Å²) in [6.07, 6.45) is 4.30. The molecule has 0 atom stereocenters. The van der Waals surface area contributed by atoms with E-state index >= 15 is 0 Å². The van der Waals surface area contributed by atoms with Crippen LogP contribution < -0.4 is 10.6 Å². The molecular formula is C15H16BrN3. The number of anilines is 2. The summed E-state index contributed by atoms with van der Waals surface area (Å²) in [6, 6.07) is 12.6. The van der Waals surface area contributed by atoms with Gasteiger partial charge in [0.1, 0.15) is 5.82 Å². The van der Waals surface area contributed by atoms with Crippen LogP contribution in [0.1, 0.15) is 18.4 Å². The van der Waals surface area contributed by atoms with Crippen molar-refractivity contribution in [2.24, 2.45) is 0 Å². The Bertz CT molecular complexity index is 581. The fraction of sp³-hybridized carbons (Fsp3) is 0.267. The van der Waals surface area contributed by atoms with E-state index in [2.05, 4.69) is 31.9 Å². The normalized spacial score (nSPS) is 14.4. The maximum atomic E-state index is 6.05. The third-order valence-electron chi connectivity index (χ3n) is 3.39. The number of hydrogen-bond acceptors (Lipinski definition) is 3. The molecule has 0 spiro atoms. The molecule has 1 aliphatic rings. The van der Waals surface area contributed by atoms with Crippen LogP contribution in [0, 0.1) is 0 Å². The van der Waals surface area contributed by atoms with E-state index in [1.807, 2.05) is 36.5 Å². The lowest BCUT2D eigenvalue weighted by molar-refractivity contribution is 0.777. The Morgan fingerprint density at radius 2 is 2.00 bits per heavy atom. The number of pyridine rings is 1. The lowest BCUT2D eigenvalue weighted by Crippen LogP contribution is -2.26. The molecule has 0 amide bonds. The van der Waals surface area contributed by atoms with Gasteiger partial charge in [-0.15, -0.1) is 0 Å². The predicted octanol–water partition coefficient (Wildman–Crippen LogP) is 3.60. The number of halogens is 1. The number of nitrogens with two attached hydrogens (primary N) is 1. The predicted molar refractivity (Wildman–Crippen MR) is 82.0 cm³/mol. The third-order valence-corrected chi connectivity index (χ3v) is 4.01. The van der Waals surface area contributed by atoms with Crippen molar-refractivity contribution in [2.75, 3.05) is 10.6 Å². The Labute approximate surface area is 121 Å². The van der Waals surface area contributed by atoms with Gasteiger partial charge in [0.2, 0.25) is 0 Å². The van der Waals surface area contributed by atoms with Crippen LogP contribution in [0.3, 0.4) is 0 Å². The number of nitrogen functional groups attached to an aromatic ring is 1. The first kappa shape index (κ1) is 12.5. The monoisotopic (exact) mass is 317 g/mol. The van der Waals surface area contributed by atoms with Gasteiger partial charge in [-0.25, -0.2) is 4.98 Å². The molecule has 1 fully saturated rings. The Kier molecular flexibility index (Phi) is 3.42. The largest absolute Gasteiger partial charge is 0.398 e. The minimum atomic E-state index is 0.589. The van der Waals surface area contributed by atoms with Crippen molar-refractivity contribution in [3.63, 3.8) is 0 Å². The molecular weight excluding hydrogens is 302 g/mol. The number of hydrogen-bond donors (Lipinski definition) is 1. The first-order valence-electron chi connectivity index (χ1n) is 6.46. The third kappa shape index (κ3) is 2.73. The molecule has 1 aromatic carbocycles. The second-order valence-corrected chi connectivity index (χ2v) is 5.72. The highest BCUT2D eigenvalue weighted by atomic mass is 79.9. The van der Waals surface area contributed by atoms with Crippen molar-refractivity contribution in [1.82, 2.24) is 4.98 Å². The van der Waals surface area contributed by atoms with Gasteiger partial charge in [0.25, 0.3) is 0 Å². The Morgan fingerprint density at radius 3 is 2.68 bits per heavy atom. The van der Waals surface area contributed by atoms with Gasteiger partial charge in [-0.3, -0.25) is 0 Å². The van der Waals surface area contributed by atoms with E-state index in [1.165, 1.54) is 12.8 Å². The summed E-state index contributed by atoms with van der Waals surface area (Å²) in [7, 11) is 0. The van der Waals surface area contributed by atoms with E-state index in [0.717, 1.165) is 28.1 Å². The standard InChI is InChI=1S/C15H16BrN3/c16-13-5-3-9-18-15(13)19(12-7-8-12)10-11-4-1-2-6-14(11)17/h1-6,9,12H,7-8,10,17H2. The summed E-state index contributed by atoms with van der Waals surface area (Å²) in [5, 5.41) is 0. The van der Waals surface area contributed by atoms with Gasteiger partial charge in [0.05, 0.1) is 4.47 Å². The van der Waals surface area contributed by atoms with E-state index in [1.54, 1.807) is 0 Å². The van der Waals surface area contributed by atoms with E-state index < -0.39 is 0 Å². The lowest BCUT2D eigenvalue weighted by atomic mass is 10.1. The van der Waals surface area contributed by atoms with E-state index in [0.29, 0.717) is 6.04 Å². The molecule has 1 heterocycles. The molecule has 1 aromatic heterocycles. The molecule has 1 aliphatic carbocycles. The molecule has 4 heteroatoms. The van der Waals surface area contributed by atoms with Crippen LogP contribution in [0.15, 0.2) is 47.1 Å². The molecule has 0 saturated heterocycles. The second kappa shape index (κ2) is 5.21. The first-order chi connectivity index (χ1) is 9.25. The van der Waals surface area contributed by atoms with Gasteiger partial charge >= 0.3 is 0 Å². The van der Waals surface area contributed by atoms with Crippen molar-refractivity contribution in [3.05, 3.63) is 52.6 Å². The average molecular weight is 318 g/mol. The molecule has 0 aliphatic heterocycles. The highest BCUT2D eigenvalue weighted by Crippen LogP contribution is 2.35. The van der Waals surface area contributed by atoms with Gasteiger partial charge in [0, 0.05) is 24.5 Å². The molecule has 1 saturated carbocycles. The van der Waals surface area contributed by atoms with Crippen molar-refractivity contribution in [1.29, 1.82) is 0 Å². The van der Waals surface area contributed by atoms with E-state index in [4.69, 9.17) is 5.73 Å². The summed E-state index contributed by atoms with van der Waals surface area (Å²) in [4.78, 5) is 6.85. The van der Waals surface area contributed by atoms with Crippen molar-refractivity contribution >= 4 is 27.4 Å². The molecule has 2 N–H and O–H groups in total. The van der Waals surface area contributed by atoms with E-state index in [-0.39, 0.29) is 0 Å². The number of para-hydroxylation sites is 1. The zero-order chi connectivity index (χ0) is 13.2. The van der Waals surface area contributed by atoms with Crippen LogP contribution in [0.25, 0.3) is 0 Å². The number of rotatable bonds is 4. The van der Waals surface area contributed by atoms with Crippen LogP contribution >= 0.6 is 15.9 Å². The van der Waals surface area contributed by atoms with Gasteiger partial charge in [-0.1, -0.05) is 18.2 Å². The summed E-state index contributed by atoms with van der Waals surface area (Å²) in [5.41, 5.74) is 8.05. The molecule has 0 unspecified atom stereocenters. The first-order valence-corrected chi connectivity index (χ1v) is 7.25. The summed E-state index contributed by atoms with van der Waals surface area (Å²) in [6.45, 7) is 0.812. The molecule has 3 nitrogen and oxygen atoms in total. The highest BCUT2D eigenvalue weighted by molar-refractivity contribution is 9.10. The molecule has 19 heavy (non-hydrogen) atoms. The highest BCUT2D eigenvalue weighted by Gasteiger charge is 2.31. The number of benzene rings is 1. The summed E-state index contributed by atoms with van der Waals surface area (Å²) in [5.74, 6) is 1.01. The van der Waals surface area contributed by atoms with Crippen molar-refractivity contribution in [3.8, 4) is 0 Å². The molecule has 0 bridgehead atoms. The average Bonchev–Trinajstić information content (AvgIpc) is 3.23. The fourth-order valence-electron chi connectivity index (χ4n) is 2.21. The Hall–Kier alpha value is -1.55. The van der Waals surface area contributed by atoms with Gasteiger partial charge in [0.15, 0.2) is 0 Å². The minimum Gasteiger partial charge on any atom is -0.398 e. The molecule has 3 rings (SSSR count). The second-order valence-electron chi connectivity index (χ2n) is 4.87. The van der Waals surface area contributed by atoms with Gasteiger partial charge in [-0.05, 0) is 52.5 Å². The zero-order valence-corrected chi connectivity index (χ0v) is 12.2. The van der Waals surface area contributed by atoms with Crippen molar-refractivity contribution in [2.45, 2.75) is 25.4 Å². The fourth-order valence-corrected chi connectivity index (χ4v) is 2.70. The quantitative estimate of drug-likeness (QED) is 0.876. The molecule has 98 valence electrons. The number of nitrogens with zero attached hydrogens (tertiary/aromatic N) is 2. The molecule has 2 aromatic rings. The SMILES string of the molecule is Nc1ccccc1CN(c1ncccc1Br)C1CC1. The molecule has 0 radical (unpaired) electrons. The zero-order valence-electron chi connectivity index (χ0n) is 10.6. The number of aromatic nitrogens is 1. The van der Waals surface area contributed by atoms with Gasteiger partial charge < -0.3 is 10.6 Å². The van der Waals surface area contributed by atoms with Gasteiger partial charge in [-0.2, -0.15) is 0 Å². The van der Waals surface area contributed by atoms with Crippen molar-refractivity contribution < 1.29 is 0 Å². The van der Waals surface area contributed by atoms with Crippen LogP contribution in [0.4, 0.5) is 11.5 Å². The minimum absolute atomic E-state index is 0.589. The Balaban J connectivity index is 1.91. The smallest absolute Gasteiger partial charge is 0.143 e. The van der Waals surface area contributed by atoms with Crippen LogP contribution in [0.5, 0.6) is 0 Å². The lowest BCUT2D eigenvalue weighted by Gasteiger charge is -2.25. The van der Waals surface area contributed by atoms with E-state index in [9.17, 15) is 0 Å². The maximum Gasteiger partial charge on any atom is 0.143 e.